The van der Waals surface area contributed by atoms with Gasteiger partial charge in [-0.05, 0) is 30.5 Å². The molecule has 0 spiro atoms. The van der Waals surface area contributed by atoms with E-state index in [2.05, 4.69) is 5.32 Å². The van der Waals surface area contributed by atoms with Crippen molar-refractivity contribution in [2.45, 2.75) is 25.3 Å². The van der Waals surface area contributed by atoms with Crippen molar-refractivity contribution in [3.8, 4) is 11.5 Å². The van der Waals surface area contributed by atoms with Gasteiger partial charge in [-0.1, -0.05) is 24.3 Å². The first-order valence-corrected chi connectivity index (χ1v) is 8.42. The number of para-hydroxylation sites is 1. The fourth-order valence-electron chi connectivity index (χ4n) is 3.61. The third-order valence-corrected chi connectivity index (χ3v) is 4.83. The molecule has 1 atom stereocenters. The predicted molar refractivity (Wildman–Crippen MR) is 92.5 cm³/mol. The first-order valence-electron chi connectivity index (χ1n) is 8.42. The second kappa shape index (κ2) is 6.24. The smallest absolute Gasteiger partial charge is 0.251 e. The van der Waals surface area contributed by atoms with Crippen molar-refractivity contribution in [1.82, 2.24) is 5.32 Å². The fraction of sp³-hybridized carbons (Fsp3) is 0.300. The number of amides is 1. The average molecular weight is 337 g/mol. The Morgan fingerprint density at radius 3 is 2.88 bits per heavy atom. The lowest BCUT2D eigenvalue weighted by Crippen LogP contribution is -2.43. The number of Topliss-reactive ketones (excluding diaryl/α,β-unsaturated/α-hetero) is 1. The van der Waals surface area contributed by atoms with Gasteiger partial charge in [-0.15, -0.1) is 0 Å². The van der Waals surface area contributed by atoms with Gasteiger partial charge in [-0.25, -0.2) is 0 Å². The SMILES string of the molecule is COc1cccc2c1OC[C@@H](NC(=O)c1cccc3c1CCC3=O)C2. The first kappa shape index (κ1) is 15.7. The fourth-order valence-corrected chi connectivity index (χ4v) is 3.61. The van der Waals surface area contributed by atoms with E-state index < -0.39 is 0 Å². The zero-order valence-corrected chi connectivity index (χ0v) is 14.0. The Kier molecular flexibility index (Phi) is 3.92. The minimum absolute atomic E-state index is 0.111. The van der Waals surface area contributed by atoms with Gasteiger partial charge < -0.3 is 14.8 Å². The van der Waals surface area contributed by atoms with Crippen LogP contribution in [0, 0.1) is 0 Å². The molecule has 2 aliphatic rings. The molecule has 0 saturated heterocycles. The van der Waals surface area contributed by atoms with Gasteiger partial charge in [-0.3, -0.25) is 9.59 Å². The number of carbonyl (C=O) groups is 2. The van der Waals surface area contributed by atoms with Gasteiger partial charge in [0.2, 0.25) is 0 Å². The van der Waals surface area contributed by atoms with Crippen LogP contribution in [-0.2, 0) is 12.8 Å². The molecule has 0 fully saturated rings. The molecule has 5 nitrogen and oxygen atoms in total. The largest absolute Gasteiger partial charge is 0.493 e. The molecule has 0 radical (unpaired) electrons. The van der Waals surface area contributed by atoms with Gasteiger partial charge in [0.25, 0.3) is 5.91 Å². The Morgan fingerprint density at radius 1 is 1.20 bits per heavy atom. The molecular formula is C20H19NO4. The molecule has 5 heteroatoms. The van der Waals surface area contributed by atoms with E-state index in [1.807, 2.05) is 18.2 Å². The summed E-state index contributed by atoms with van der Waals surface area (Å²) in [7, 11) is 1.62. The maximum Gasteiger partial charge on any atom is 0.251 e. The summed E-state index contributed by atoms with van der Waals surface area (Å²) in [6.45, 7) is 0.396. The quantitative estimate of drug-likeness (QED) is 0.935. The van der Waals surface area contributed by atoms with Crippen LogP contribution in [0.1, 0.15) is 38.3 Å². The summed E-state index contributed by atoms with van der Waals surface area (Å²) in [4.78, 5) is 24.6. The Hall–Kier alpha value is -2.82. The lowest BCUT2D eigenvalue weighted by Gasteiger charge is -2.27. The Labute approximate surface area is 145 Å². The van der Waals surface area contributed by atoms with Gasteiger partial charge in [0.05, 0.1) is 13.2 Å². The van der Waals surface area contributed by atoms with E-state index in [9.17, 15) is 9.59 Å². The topological polar surface area (TPSA) is 64.6 Å². The van der Waals surface area contributed by atoms with Crippen molar-refractivity contribution in [1.29, 1.82) is 0 Å². The minimum Gasteiger partial charge on any atom is -0.493 e. The third-order valence-electron chi connectivity index (χ3n) is 4.83. The van der Waals surface area contributed by atoms with Gasteiger partial charge in [0, 0.05) is 23.1 Å². The molecule has 0 saturated carbocycles. The summed E-state index contributed by atoms with van der Waals surface area (Å²) >= 11 is 0. The van der Waals surface area contributed by atoms with Gasteiger partial charge in [-0.2, -0.15) is 0 Å². The monoisotopic (exact) mass is 337 g/mol. The number of fused-ring (bicyclic) bond motifs is 2. The van der Waals surface area contributed by atoms with Crippen molar-refractivity contribution < 1.29 is 19.1 Å². The number of hydrogen-bond donors (Lipinski definition) is 1. The Bertz CT molecular complexity index is 859. The molecule has 2 aromatic rings. The van der Waals surface area contributed by atoms with Crippen LogP contribution in [0.5, 0.6) is 11.5 Å². The molecule has 1 aliphatic heterocycles. The molecule has 1 N–H and O–H groups in total. The van der Waals surface area contributed by atoms with Crippen molar-refractivity contribution in [2.75, 3.05) is 13.7 Å². The number of benzene rings is 2. The summed E-state index contributed by atoms with van der Waals surface area (Å²) < 4.78 is 11.1. The summed E-state index contributed by atoms with van der Waals surface area (Å²) in [5.74, 6) is 1.43. The van der Waals surface area contributed by atoms with Crippen LogP contribution in [0.15, 0.2) is 36.4 Å². The van der Waals surface area contributed by atoms with Crippen LogP contribution >= 0.6 is 0 Å². The maximum atomic E-state index is 12.7. The van der Waals surface area contributed by atoms with E-state index in [0.717, 1.165) is 16.9 Å². The highest BCUT2D eigenvalue weighted by atomic mass is 16.5. The van der Waals surface area contributed by atoms with Crippen LogP contribution in [-0.4, -0.2) is 31.4 Å². The standard InChI is InChI=1S/C20H19NO4/c1-24-18-7-2-4-12-10-13(11-25-19(12)18)21-20(23)16-6-3-5-15-14(16)8-9-17(15)22/h2-7,13H,8-11H2,1H3,(H,21,23)/t13-/m0/s1. The highest BCUT2D eigenvalue weighted by Gasteiger charge is 2.27. The summed E-state index contributed by atoms with van der Waals surface area (Å²) in [5, 5.41) is 3.04. The first-order chi connectivity index (χ1) is 12.2. The highest BCUT2D eigenvalue weighted by Crippen LogP contribution is 2.34. The normalized spacial score (nSPS) is 18.1. The number of methoxy groups -OCH3 is 1. The highest BCUT2D eigenvalue weighted by molar-refractivity contribution is 6.05. The predicted octanol–water partition coefficient (Wildman–Crippen LogP) is 2.56. The summed E-state index contributed by atoms with van der Waals surface area (Å²) in [6, 6.07) is 11.0. The minimum atomic E-state index is -0.147. The van der Waals surface area contributed by atoms with Crippen molar-refractivity contribution in [3.63, 3.8) is 0 Å². The zero-order valence-electron chi connectivity index (χ0n) is 14.0. The third kappa shape index (κ3) is 2.76. The number of ether oxygens (including phenoxy) is 2. The molecule has 2 aromatic carbocycles. The van der Waals surface area contributed by atoms with Crippen LogP contribution in [0.25, 0.3) is 0 Å². The lowest BCUT2D eigenvalue weighted by atomic mass is 10.00. The van der Waals surface area contributed by atoms with Gasteiger partial charge >= 0.3 is 0 Å². The molecular weight excluding hydrogens is 318 g/mol. The van der Waals surface area contributed by atoms with E-state index >= 15 is 0 Å². The lowest BCUT2D eigenvalue weighted by molar-refractivity contribution is 0.0913. The summed E-state index contributed by atoms with van der Waals surface area (Å²) in [5.41, 5.74) is 3.16. The van der Waals surface area contributed by atoms with E-state index in [1.165, 1.54) is 0 Å². The van der Waals surface area contributed by atoms with Gasteiger partial charge in [0.15, 0.2) is 17.3 Å². The number of carbonyl (C=O) groups excluding carboxylic acids is 2. The van der Waals surface area contributed by atoms with Gasteiger partial charge in [0.1, 0.15) is 6.61 Å². The van der Waals surface area contributed by atoms with Crippen molar-refractivity contribution in [2.24, 2.45) is 0 Å². The molecule has 4 rings (SSSR count). The van der Waals surface area contributed by atoms with E-state index in [1.54, 1.807) is 25.3 Å². The van der Waals surface area contributed by atoms with E-state index in [0.29, 0.717) is 42.7 Å². The zero-order chi connectivity index (χ0) is 17.4. The second-order valence-electron chi connectivity index (χ2n) is 6.39. The number of ketones is 1. The maximum absolute atomic E-state index is 12.7. The molecule has 1 heterocycles. The van der Waals surface area contributed by atoms with Crippen LogP contribution in [0.3, 0.4) is 0 Å². The number of nitrogens with one attached hydrogen (secondary N) is 1. The molecule has 25 heavy (non-hydrogen) atoms. The van der Waals surface area contributed by atoms with Crippen molar-refractivity contribution >= 4 is 11.7 Å². The molecule has 0 aromatic heterocycles. The summed E-state index contributed by atoms with van der Waals surface area (Å²) in [6.07, 6.45) is 1.81. The molecule has 128 valence electrons. The Balaban J connectivity index is 1.52. The molecule has 1 amide bonds. The number of hydrogen-bond acceptors (Lipinski definition) is 4. The van der Waals surface area contributed by atoms with Crippen LogP contribution in [0.2, 0.25) is 0 Å². The average Bonchev–Trinajstić information content (AvgIpc) is 3.02. The van der Waals surface area contributed by atoms with Crippen LogP contribution in [0.4, 0.5) is 0 Å². The van der Waals surface area contributed by atoms with E-state index in [4.69, 9.17) is 9.47 Å². The molecule has 0 bridgehead atoms. The van der Waals surface area contributed by atoms with Crippen molar-refractivity contribution in [3.05, 3.63) is 58.7 Å². The number of rotatable bonds is 3. The van der Waals surface area contributed by atoms with Crippen LogP contribution < -0.4 is 14.8 Å². The second-order valence-corrected chi connectivity index (χ2v) is 6.39. The Morgan fingerprint density at radius 2 is 2.04 bits per heavy atom. The molecule has 1 aliphatic carbocycles. The van der Waals surface area contributed by atoms with E-state index in [-0.39, 0.29) is 17.7 Å². The molecule has 0 unspecified atom stereocenters.